The zero-order valence-corrected chi connectivity index (χ0v) is 24.1. The fourth-order valence-corrected chi connectivity index (χ4v) is 4.41. The maximum atomic E-state index is 13.4. The summed E-state index contributed by atoms with van der Waals surface area (Å²) in [4.78, 5) is 29.6. The third-order valence-electron chi connectivity index (χ3n) is 5.69. The molecule has 3 aromatic carbocycles. The molecule has 4 aromatic rings. The Hall–Kier alpha value is -3.76. The van der Waals surface area contributed by atoms with Crippen LogP contribution in [0.2, 0.25) is 5.02 Å². The number of rotatable bonds is 8. The maximum absolute atomic E-state index is 13.4. The number of hydrogen-bond donors (Lipinski definition) is 0. The summed E-state index contributed by atoms with van der Waals surface area (Å²) in [5.74, 6) is 0.589. The van der Waals surface area contributed by atoms with Crippen molar-refractivity contribution in [2.75, 3.05) is 6.61 Å². The summed E-state index contributed by atoms with van der Waals surface area (Å²) in [5, 5.41) is 17.3. The van der Waals surface area contributed by atoms with Crippen LogP contribution in [0.5, 0.6) is 11.5 Å². The number of aromatic nitrogens is 2. The van der Waals surface area contributed by atoms with Crippen LogP contribution < -0.4 is 15.0 Å². The first-order valence-electron chi connectivity index (χ1n) is 12.1. The zero-order chi connectivity index (χ0) is 28.3. The van der Waals surface area contributed by atoms with Crippen molar-refractivity contribution in [1.29, 1.82) is 0 Å². The van der Waals surface area contributed by atoms with Gasteiger partial charge in [0.1, 0.15) is 12.4 Å². The van der Waals surface area contributed by atoms with Crippen LogP contribution in [0.3, 0.4) is 0 Å². The molecule has 11 heteroatoms. The van der Waals surface area contributed by atoms with E-state index in [1.807, 2.05) is 26.8 Å². The van der Waals surface area contributed by atoms with Gasteiger partial charge < -0.3 is 9.47 Å². The fraction of sp³-hybridized carbons (Fsp3) is 0.250. The molecular weight excluding hydrogens is 588 g/mol. The first kappa shape index (κ1) is 28.3. The predicted octanol–water partition coefficient (Wildman–Crippen LogP) is 6.88. The SMILES string of the molecule is CCOc1cc(C=Nn2c(C(C)(C)C)nc3ccc(Br)cc3c2=O)cc([N+](=O)[O-])c1OCc1ccccc1Cl. The van der Waals surface area contributed by atoms with E-state index >= 15 is 0 Å². The van der Waals surface area contributed by atoms with Gasteiger partial charge in [-0.15, -0.1) is 0 Å². The quantitative estimate of drug-likeness (QED) is 0.122. The normalized spacial score (nSPS) is 11.7. The van der Waals surface area contributed by atoms with E-state index in [1.165, 1.54) is 17.0 Å². The summed E-state index contributed by atoms with van der Waals surface area (Å²) in [6, 6.07) is 15.2. The standard InChI is InChI=1S/C28H26BrClN4O5/c1-5-38-24-13-17(12-23(34(36)37)25(24)39-16-18-8-6-7-9-21(18)30)15-31-33-26(35)20-14-19(29)10-11-22(20)32-27(33)28(2,3)4/h6-15H,5,16H2,1-4H3. The highest BCUT2D eigenvalue weighted by atomic mass is 79.9. The zero-order valence-electron chi connectivity index (χ0n) is 21.8. The number of halogens is 2. The Morgan fingerprint density at radius 1 is 1.15 bits per heavy atom. The number of nitro benzene ring substituents is 1. The van der Waals surface area contributed by atoms with Crippen LogP contribution >= 0.6 is 27.5 Å². The molecule has 0 amide bonds. The number of nitro groups is 1. The maximum Gasteiger partial charge on any atom is 0.315 e. The molecule has 0 spiro atoms. The minimum atomic E-state index is -0.552. The van der Waals surface area contributed by atoms with E-state index in [2.05, 4.69) is 21.0 Å². The largest absolute Gasteiger partial charge is 0.490 e. The Morgan fingerprint density at radius 2 is 1.90 bits per heavy atom. The van der Waals surface area contributed by atoms with Gasteiger partial charge in [-0.2, -0.15) is 9.78 Å². The van der Waals surface area contributed by atoms with Gasteiger partial charge in [0.05, 0.1) is 28.6 Å². The Labute approximate surface area is 238 Å². The topological polar surface area (TPSA) is 109 Å². The van der Waals surface area contributed by atoms with Crippen LogP contribution in [0.15, 0.2) is 69.0 Å². The average Bonchev–Trinajstić information content (AvgIpc) is 2.87. The molecule has 9 nitrogen and oxygen atoms in total. The van der Waals surface area contributed by atoms with Crippen molar-refractivity contribution in [2.24, 2.45) is 5.10 Å². The smallest absolute Gasteiger partial charge is 0.315 e. The summed E-state index contributed by atoms with van der Waals surface area (Å²) in [5.41, 5.74) is 0.382. The van der Waals surface area contributed by atoms with Gasteiger partial charge >= 0.3 is 5.69 Å². The molecule has 0 saturated heterocycles. The van der Waals surface area contributed by atoms with Crippen molar-refractivity contribution < 1.29 is 14.4 Å². The number of nitrogens with zero attached hydrogens (tertiary/aromatic N) is 4. The van der Waals surface area contributed by atoms with Gasteiger partial charge in [0, 0.05) is 32.1 Å². The van der Waals surface area contributed by atoms with Gasteiger partial charge in [-0.3, -0.25) is 14.9 Å². The molecule has 0 unspecified atom stereocenters. The molecule has 0 N–H and O–H groups in total. The van der Waals surface area contributed by atoms with Gasteiger partial charge in [0.2, 0.25) is 5.75 Å². The highest BCUT2D eigenvalue weighted by Gasteiger charge is 2.25. The number of benzene rings is 3. The van der Waals surface area contributed by atoms with Crippen molar-refractivity contribution in [2.45, 2.75) is 39.7 Å². The van der Waals surface area contributed by atoms with E-state index in [9.17, 15) is 14.9 Å². The van der Waals surface area contributed by atoms with E-state index < -0.39 is 10.3 Å². The lowest BCUT2D eigenvalue weighted by Gasteiger charge is -2.21. The Kier molecular flexibility index (Phi) is 8.36. The molecule has 202 valence electrons. The second-order valence-electron chi connectivity index (χ2n) is 9.65. The van der Waals surface area contributed by atoms with Crippen LogP contribution in [0.4, 0.5) is 5.69 Å². The molecule has 39 heavy (non-hydrogen) atoms. The van der Waals surface area contributed by atoms with E-state index in [0.717, 1.165) is 4.47 Å². The van der Waals surface area contributed by atoms with Crippen LogP contribution in [0, 0.1) is 10.1 Å². The minimum Gasteiger partial charge on any atom is -0.490 e. The number of ether oxygens (including phenoxy) is 2. The molecule has 4 rings (SSSR count). The first-order valence-corrected chi connectivity index (χ1v) is 13.2. The molecule has 1 aromatic heterocycles. The molecule has 0 aliphatic heterocycles. The summed E-state index contributed by atoms with van der Waals surface area (Å²) in [6.45, 7) is 7.80. The number of hydrogen-bond acceptors (Lipinski definition) is 7. The van der Waals surface area contributed by atoms with E-state index in [4.69, 9.17) is 26.1 Å². The summed E-state index contributed by atoms with van der Waals surface area (Å²) in [7, 11) is 0. The van der Waals surface area contributed by atoms with Crippen molar-refractivity contribution in [1.82, 2.24) is 9.66 Å². The predicted molar refractivity (Wildman–Crippen MR) is 155 cm³/mol. The molecular formula is C28H26BrClN4O5. The van der Waals surface area contributed by atoms with Crippen LogP contribution in [0.25, 0.3) is 10.9 Å². The minimum absolute atomic E-state index is 0.0106. The monoisotopic (exact) mass is 612 g/mol. The van der Waals surface area contributed by atoms with E-state index in [-0.39, 0.29) is 36.0 Å². The average molecular weight is 614 g/mol. The highest BCUT2D eigenvalue weighted by molar-refractivity contribution is 9.10. The van der Waals surface area contributed by atoms with Gasteiger partial charge in [0.15, 0.2) is 5.75 Å². The molecule has 0 fully saturated rings. The summed E-state index contributed by atoms with van der Waals surface area (Å²) >= 11 is 9.62. The van der Waals surface area contributed by atoms with E-state index in [0.29, 0.717) is 32.9 Å². The molecule has 1 heterocycles. The Morgan fingerprint density at radius 3 is 2.56 bits per heavy atom. The van der Waals surface area contributed by atoms with Crippen molar-refractivity contribution >= 4 is 50.3 Å². The summed E-state index contributed by atoms with van der Waals surface area (Å²) in [6.07, 6.45) is 1.37. The van der Waals surface area contributed by atoms with Gasteiger partial charge in [0.25, 0.3) is 5.56 Å². The molecule has 0 radical (unpaired) electrons. The van der Waals surface area contributed by atoms with Gasteiger partial charge in [-0.05, 0) is 37.3 Å². The second kappa shape index (κ2) is 11.5. The lowest BCUT2D eigenvalue weighted by molar-refractivity contribution is -0.386. The van der Waals surface area contributed by atoms with Crippen LogP contribution in [-0.4, -0.2) is 27.4 Å². The first-order chi connectivity index (χ1) is 18.5. The molecule has 0 aliphatic carbocycles. The second-order valence-corrected chi connectivity index (χ2v) is 11.0. The molecule has 0 atom stereocenters. The summed E-state index contributed by atoms with van der Waals surface area (Å²) < 4.78 is 13.5. The lowest BCUT2D eigenvalue weighted by atomic mass is 9.95. The fourth-order valence-electron chi connectivity index (χ4n) is 3.86. The van der Waals surface area contributed by atoms with Crippen LogP contribution in [0.1, 0.15) is 44.6 Å². The van der Waals surface area contributed by atoms with Crippen molar-refractivity contribution in [3.8, 4) is 11.5 Å². The Balaban J connectivity index is 1.81. The van der Waals surface area contributed by atoms with Crippen molar-refractivity contribution in [3.05, 3.63) is 102 Å². The van der Waals surface area contributed by atoms with Gasteiger partial charge in [-0.1, -0.05) is 66.5 Å². The highest BCUT2D eigenvalue weighted by Crippen LogP contribution is 2.39. The third kappa shape index (κ3) is 6.29. The molecule has 0 aliphatic rings. The lowest BCUT2D eigenvalue weighted by Crippen LogP contribution is -2.29. The van der Waals surface area contributed by atoms with Gasteiger partial charge in [-0.25, -0.2) is 4.98 Å². The van der Waals surface area contributed by atoms with E-state index in [1.54, 1.807) is 49.4 Å². The Bertz CT molecular complexity index is 1650. The molecule has 0 saturated carbocycles. The third-order valence-corrected chi connectivity index (χ3v) is 6.55. The molecule has 0 bridgehead atoms. The van der Waals surface area contributed by atoms with Crippen LogP contribution in [-0.2, 0) is 12.0 Å². The number of fused-ring (bicyclic) bond motifs is 1. The van der Waals surface area contributed by atoms with Crippen molar-refractivity contribution in [3.63, 3.8) is 0 Å².